The van der Waals surface area contributed by atoms with Gasteiger partial charge in [-0.1, -0.05) is 20.8 Å². The molecule has 0 aromatic heterocycles. The van der Waals surface area contributed by atoms with E-state index in [-0.39, 0.29) is 0 Å². The largest absolute Gasteiger partial charge is 0.317 e. The van der Waals surface area contributed by atoms with Crippen molar-refractivity contribution in [3.05, 3.63) is 0 Å². The highest BCUT2D eigenvalue weighted by Gasteiger charge is 2.32. The van der Waals surface area contributed by atoms with Crippen LogP contribution in [-0.2, 0) is 0 Å². The van der Waals surface area contributed by atoms with Crippen LogP contribution in [0.4, 0.5) is 0 Å². The molecule has 1 atom stereocenters. The summed E-state index contributed by atoms with van der Waals surface area (Å²) in [6.45, 7) is 7.17. The number of hydrogen-bond acceptors (Lipinski definition) is 1. The molecular formula is C17H31N. The van der Waals surface area contributed by atoms with Crippen molar-refractivity contribution in [1.82, 2.24) is 5.32 Å². The predicted molar refractivity (Wildman–Crippen MR) is 80.4 cm³/mol. The minimum Gasteiger partial charge on any atom is -0.317 e. The Morgan fingerprint density at radius 3 is 2.28 bits per heavy atom. The van der Waals surface area contributed by atoms with Crippen LogP contribution in [0.15, 0.2) is 0 Å². The second-order valence-electron chi connectivity index (χ2n) is 6.97. The number of terminal acetylenes is 1. The second-order valence-corrected chi connectivity index (χ2v) is 6.97. The monoisotopic (exact) mass is 249 g/mol. The first kappa shape index (κ1) is 15.6. The van der Waals surface area contributed by atoms with Crippen LogP contribution >= 0.6 is 0 Å². The SMILES string of the molecule is C#CCCCC(NC)C1CCC(C(C)(C)C)CC1. The lowest BCUT2D eigenvalue weighted by Crippen LogP contribution is -2.37. The predicted octanol–water partition coefficient (Wildman–Crippen LogP) is 4.23. The van der Waals surface area contributed by atoms with Gasteiger partial charge in [0.1, 0.15) is 0 Å². The molecule has 1 aliphatic carbocycles. The van der Waals surface area contributed by atoms with Gasteiger partial charge in [0.2, 0.25) is 0 Å². The van der Waals surface area contributed by atoms with Crippen LogP contribution in [0.3, 0.4) is 0 Å². The first-order valence-electron chi connectivity index (χ1n) is 7.59. The summed E-state index contributed by atoms with van der Waals surface area (Å²) in [6, 6.07) is 0.680. The molecule has 1 aliphatic rings. The first-order chi connectivity index (χ1) is 8.49. The molecule has 1 saturated carbocycles. The zero-order valence-corrected chi connectivity index (χ0v) is 12.8. The molecule has 0 saturated heterocycles. The van der Waals surface area contributed by atoms with E-state index in [0.29, 0.717) is 11.5 Å². The van der Waals surface area contributed by atoms with E-state index in [9.17, 15) is 0 Å². The van der Waals surface area contributed by atoms with E-state index in [1.807, 2.05) is 0 Å². The topological polar surface area (TPSA) is 12.0 Å². The van der Waals surface area contributed by atoms with Crippen LogP contribution in [0.5, 0.6) is 0 Å². The molecule has 104 valence electrons. The van der Waals surface area contributed by atoms with E-state index in [4.69, 9.17) is 6.42 Å². The molecule has 18 heavy (non-hydrogen) atoms. The fourth-order valence-corrected chi connectivity index (χ4v) is 3.43. The van der Waals surface area contributed by atoms with Crippen molar-refractivity contribution in [3.63, 3.8) is 0 Å². The maximum absolute atomic E-state index is 5.33. The number of hydrogen-bond donors (Lipinski definition) is 1. The Bertz CT molecular complexity index is 260. The van der Waals surface area contributed by atoms with Gasteiger partial charge in [-0.25, -0.2) is 0 Å². The zero-order chi connectivity index (χ0) is 13.6. The van der Waals surface area contributed by atoms with Gasteiger partial charge in [0.05, 0.1) is 0 Å². The van der Waals surface area contributed by atoms with Crippen molar-refractivity contribution in [2.45, 2.75) is 71.8 Å². The van der Waals surface area contributed by atoms with E-state index in [2.05, 4.69) is 39.1 Å². The van der Waals surface area contributed by atoms with Gasteiger partial charge in [-0.15, -0.1) is 12.3 Å². The average Bonchev–Trinajstić information content (AvgIpc) is 2.34. The minimum atomic E-state index is 0.490. The maximum atomic E-state index is 5.33. The fourth-order valence-electron chi connectivity index (χ4n) is 3.43. The van der Waals surface area contributed by atoms with Crippen molar-refractivity contribution in [2.75, 3.05) is 7.05 Å². The Labute approximate surface area is 114 Å². The Hall–Kier alpha value is -0.480. The van der Waals surface area contributed by atoms with E-state index < -0.39 is 0 Å². The Morgan fingerprint density at radius 1 is 1.22 bits per heavy atom. The molecule has 1 N–H and O–H groups in total. The molecule has 0 heterocycles. The summed E-state index contributed by atoms with van der Waals surface area (Å²) in [7, 11) is 2.11. The highest BCUT2D eigenvalue weighted by molar-refractivity contribution is 4.87. The zero-order valence-electron chi connectivity index (χ0n) is 12.8. The summed E-state index contributed by atoms with van der Waals surface area (Å²) in [4.78, 5) is 0. The van der Waals surface area contributed by atoms with Gasteiger partial charge in [-0.2, -0.15) is 0 Å². The molecule has 1 fully saturated rings. The first-order valence-corrected chi connectivity index (χ1v) is 7.59. The lowest BCUT2D eigenvalue weighted by molar-refractivity contribution is 0.131. The quantitative estimate of drug-likeness (QED) is 0.568. The van der Waals surface area contributed by atoms with Crippen molar-refractivity contribution >= 4 is 0 Å². The standard InChI is InChI=1S/C17H31N/c1-6-7-8-9-16(18-5)14-10-12-15(13-11-14)17(2,3)4/h1,14-16,18H,7-13H2,2-5H3. The molecule has 0 spiro atoms. The highest BCUT2D eigenvalue weighted by Crippen LogP contribution is 2.41. The molecule has 0 bridgehead atoms. The number of nitrogens with one attached hydrogen (secondary N) is 1. The molecule has 0 amide bonds. The molecule has 0 aromatic carbocycles. The summed E-state index contributed by atoms with van der Waals surface area (Å²) in [5, 5.41) is 3.52. The average molecular weight is 249 g/mol. The molecule has 1 nitrogen and oxygen atoms in total. The second kappa shape index (κ2) is 7.19. The van der Waals surface area contributed by atoms with Crippen LogP contribution in [0.25, 0.3) is 0 Å². The van der Waals surface area contributed by atoms with E-state index in [1.165, 1.54) is 38.5 Å². The van der Waals surface area contributed by atoms with Crippen molar-refractivity contribution in [1.29, 1.82) is 0 Å². The van der Waals surface area contributed by atoms with Crippen molar-refractivity contribution in [2.24, 2.45) is 17.3 Å². The summed E-state index contributed by atoms with van der Waals surface area (Å²) >= 11 is 0. The van der Waals surface area contributed by atoms with Gasteiger partial charge >= 0.3 is 0 Å². The smallest absolute Gasteiger partial charge is 0.00926 e. The van der Waals surface area contributed by atoms with Crippen LogP contribution in [0.1, 0.15) is 65.7 Å². The van der Waals surface area contributed by atoms with Crippen LogP contribution in [0.2, 0.25) is 0 Å². The molecule has 1 rings (SSSR count). The van der Waals surface area contributed by atoms with Gasteiger partial charge in [-0.3, -0.25) is 0 Å². The normalized spacial score (nSPS) is 26.6. The summed E-state index contributed by atoms with van der Waals surface area (Å²) in [5.74, 6) is 4.53. The van der Waals surface area contributed by atoms with E-state index >= 15 is 0 Å². The van der Waals surface area contributed by atoms with Gasteiger partial charge in [0, 0.05) is 12.5 Å². The maximum Gasteiger partial charge on any atom is 0.00926 e. The molecule has 0 aliphatic heterocycles. The van der Waals surface area contributed by atoms with Crippen LogP contribution in [0, 0.1) is 29.6 Å². The summed E-state index contributed by atoms with van der Waals surface area (Å²) in [5.41, 5.74) is 0.490. The molecular weight excluding hydrogens is 218 g/mol. The van der Waals surface area contributed by atoms with E-state index in [0.717, 1.165) is 18.3 Å². The minimum absolute atomic E-state index is 0.490. The van der Waals surface area contributed by atoms with Crippen molar-refractivity contribution < 1.29 is 0 Å². The van der Waals surface area contributed by atoms with E-state index in [1.54, 1.807) is 0 Å². The molecule has 1 unspecified atom stereocenters. The van der Waals surface area contributed by atoms with Gasteiger partial charge < -0.3 is 5.32 Å². The van der Waals surface area contributed by atoms with Gasteiger partial charge in [-0.05, 0) is 62.8 Å². The third-order valence-corrected chi connectivity index (χ3v) is 4.77. The van der Waals surface area contributed by atoms with Gasteiger partial charge in [0.25, 0.3) is 0 Å². The van der Waals surface area contributed by atoms with Gasteiger partial charge in [0.15, 0.2) is 0 Å². The lowest BCUT2D eigenvalue weighted by atomic mass is 9.68. The highest BCUT2D eigenvalue weighted by atomic mass is 14.9. The van der Waals surface area contributed by atoms with Crippen molar-refractivity contribution in [3.8, 4) is 12.3 Å². The number of unbranched alkanes of at least 4 members (excludes halogenated alkanes) is 1. The lowest BCUT2D eigenvalue weighted by Gasteiger charge is -2.39. The fraction of sp³-hybridized carbons (Fsp3) is 0.882. The third kappa shape index (κ3) is 4.65. The Morgan fingerprint density at radius 2 is 1.83 bits per heavy atom. The molecule has 0 aromatic rings. The molecule has 0 radical (unpaired) electrons. The molecule has 1 heteroatoms. The Kier molecular flexibility index (Phi) is 6.22. The van der Waals surface area contributed by atoms with Crippen LogP contribution < -0.4 is 5.32 Å². The summed E-state index contributed by atoms with van der Waals surface area (Å²) in [6.07, 6.45) is 14.3. The number of rotatable bonds is 5. The van der Waals surface area contributed by atoms with Crippen LogP contribution in [-0.4, -0.2) is 13.1 Å². The Balaban J connectivity index is 2.38. The third-order valence-electron chi connectivity index (χ3n) is 4.77. The summed E-state index contributed by atoms with van der Waals surface area (Å²) < 4.78 is 0.